The first-order chi connectivity index (χ1) is 9.63. The van der Waals surface area contributed by atoms with E-state index in [4.69, 9.17) is 10.6 Å². The largest absolute Gasteiger partial charge is 0.424 e. The van der Waals surface area contributed by atoms with Gasteiger partial charge in [0.05, 0.1) is 6.61 Å². The summed E-state index contributed by atoms with van der Waals surface area (Å²) in [6.07, 6.45) is 0. The van der Waals surface area contributed by atoms with E-state index in [9.17, 15) is 5.11 Å². The number of ether oxygens (including phenoxy) is 1. The monoisotopic (exact) mass is 276 g/mol. The molecule has 20 heavy (non-hydrogen) atoms. The molecule has 2 aromatic rings. The molecule has 8 heteroatoms. The molecule has 8 nitrogen and oxygen atoms in total. The van der Waals surface area contributed by atoms with Crippen LogP contribution in [0.5, 0.6) is 11.8 Å². The van der Waals surface area contributed by atoms with Crippen LogP contribution in [-0.2, 0) is 6.61 Å². The second-order valence-electron chi connectivity index (χ2n) is 4.15. The number of benzene rings is 1. The van der Waals surface area contributed by atoms with E-state index in [1.807, 2.05) is 6.07 Å². The quantitative estimate of drug-likeness (QED) is 0.535. The van der Waals surface area contributed by atoms with Crippen molar-refractivity contribution in [3.05, 3.63) is 29.8 Å². The van der Waals surface area contributed by atoms with Crippen LogP contribution in [0.2, 0.25) is 0 Å². The van der Waals surface area contributed by atoms with Gasteiger partial charge in [-0.3, -0.25) is 5.43 Å². The molecule has 2 rings (SSSR count). The van der Waals surface area contributed by atoms with Gasteiger partial charge in [0, 0.05) is 19.7 Å². The number of nitrogens with zero attached hydrogens (tertiary/aromatic N) is 4. The Kier molecular flexibility index (Phi) is 4.28. The molecule has 0 amide bonds. The molecule has 0 aliphatic carbocycles. The first-order valence-electron chi connectivity index (χ1n) is 5.90. The van der Waals surface area contributed by atoms with Crippen LogP contribution in [0.25, 0.3) is 0 Å². The van der Waals surface area contributed by atoms with E-state index in [2.05, 4.69) is 20.4 Å². The summed E-state index contributed by atoms with van der Waals surface area (Å²) in [5, 5.41) is 9.27. The minimum absolute atomic E-state index is 0.0950. The molecule has 1 aromatic heterocycles. The van der Waals surface area contributed by atoms with Crippen molar-refractivity contribution in [2.75, 3.05) is 24.4 Å². The van der Waals surface area contributed by atoms with Crippen LogP contribution >= 0.6 is 0 Å². The molecule has 0 atom stereocenters. The highest BCUT2D eigenvalue weighted by Crippen LogP contribution is 2.24. The molecule has 1 heterocycles. The Morgan fingerprint density at radius 1 is 1.25 bits per heavy atom. The summed E-state index contributed by atoms with van der Waals surface area (Å²) < 4.78 is 5.59. The molecular weight excluding hydrogens is 260 g/mol. The van der Waals surface area contributed by atoms with Crippen LogP contribution in [-0.4, -0.2) is 34.2 Å². The number of rotatable bonds is 5. The average Bonchev–Trinajstić information content (AvgIpc) is 2.47. The van der Waals surface area contributed by atoms with Gasteiger partial charge in [-0.2, -0.15) is 15.0 Å². The van der Waals surface area contributed by atoms with Gasteiger partial charge in [-0.05, 0) is 6.07 Å². The molecule has 106 valence electrons. The predicted molar refractivity (Wildman–Crippen MR) is 74.4 cm³/mol. The fraction of sp³-hybridized carbons (Fsp3) is 0.250. The first kappa shape index (κ1) is 14.0. The Labute approximate surface area is 116 Å². The van der Waals surface area contributed by atoms with Gasteiger partial charge in [-0.25, -0.2) is 5.84 Å². The Hall–Kier alpha value is -2.45. The maximum atomic E-state index is 9.27. The lowest BCUT2D eigenvalue weighted by Crippen LogP contribution is -2.17. The third-order valence-electron chi connectivity index (χ3n) is 2.48. The molecule has 0 spiro atoms. The highest BCUT2D eigenvalue weighted by Gasteiger charge is 2.11. The number of aromatic nitrogens is 3. The Morgan fingerprint density at radius 3 is 2.65 bits per heavy atom. The van der Waals surface area contributed by atoms with Crippen molar-refractivity contribution in [1.82, 2.24) is 15.0 Å². The SMILES string of the molecule is CN(C)c1nc(NN)nc(Oc2ccccc2CO)n1. The van der Waals surface area contributed by atoms with E-state index >= 15 is 0 Å². The molecular formula is C12H16N6O2. The second kappa shape index (κ2) is 6.13. The fourth-order valence-corrected chi connectivity index (χ4v) is 1.49. The summed E-state index contributed by atoms with van der Waals surface area (Å²) in [4.78, 5) is 13.9. The van der Waals surface area contributed by atoms with E-state index < -0.39 is 0 Å². The maximum absolute atomic E-state index is 9.27. The van der Waals surface area contributed by atoms with Crippen LogP contribution in [0.15, 0.2) is 24.3 Å². The lowest BCUT2D eigenvalue weighted by Gasteiger charge is -2.13. The number of nitrogen functional groups attached to an aromatic ring is 1. The Balaban J connectivity index is 2.35. The molecule has 0 aliphatic heterocycles. The highest BCUT2D eigenvalue weighted by molar-refractivity contribution is 5.39. The van der Waals surface area contributed by atoms with E-state index in [0.717, 1.165) is 0 Å². The average molecular weight is 276 g/mol. The zero-order valence-corrected chi connectivity index (χ0v) is 11.2. The normalized spacial score (nSPS) is 10.2. The number of hydrazine groups is 1. The third kappa shape index (κ3) is 3.11. The van der Waals surface area contributed by atoms with Gasteiger partial charge in [0.15, 0.2) is 0 Å². The highest BCUT2D eigenvalue weighted by atomic mass is 16.5. The summed E-state index contributed by atoms with van der Waals surface area (Å²) in [7, 11) is 3.59. The maximum Gasteiger partial charge on any atom is 0.328 e. The van der Waals surface area contributed by atoms with Crippen molar-refractivity contribution in [2.24, 2.45) is 5.84 Å². The molecule has 0 radical (unpaired) electrons. The standard InChI is InChI=1S/C12H16N6O2/c1-18(2)11-14-10(17-13)15-12(16-11)20-9-6-4-3-5-8(9)7-19/h3-6,19H,7,13H2,1-2H3,(H,14,15,16,17). The molecule has 0 fully saturated rings. The van der Waals surface area contributed by atoms with Crippen molar-refractivity contribution < 1.29 is 9.84 Å². The van der Waals surface area contributed by atoms with Gasteiger partial charge in [-0.15, -0.1) is 0 Å². The van der Waals surface area contributed by atoms with Gasteiger partial charge in [0.25, 0.3) is 0 Å². The predicted octanol–water partition coefficient (Wildman–Crippen LogP) is 0.508. The molecule has 0 unspecified atom stereocenters. The number of hydrogen-bond donors (Lipinski definition) is 3. The summed E-state index contributed by atoms with van der Waals surface area (Å²) in [6.45, 7) is -0.135. The Bertz CT molecular complexity index is 590. The number of hydrogen-bond acceptors (Lipinski definition) is 8. The molecule has 0 bridgehead atoms. The van der Waals surface area contributed by atoms with Gasteiger partial charge in [0.2, 0.25) is 11.9 Å². The van der Waals surface area contributed by atoms with Gasteiger partial charge < -0.3 is 14.7 Å². The summed E-state index contributed by atoms with van der Waals surface area (Å²) in [5.74, 6) is 6.40. The van der Waals surface area contributed by atoms with Gasteiger partial charge in [0.1, 0.15) is 5.75 Å². The zero-order chi connectivity index (χ0) is 14.5. The Morgan fingerprint density at radius 2 is 2.00 bits per heavy atom. The minimum Gasteiger partial charge on any atom is -0.424 e. The van der Waals surface area contributed by atoms with Gasteiger partial charge in [-0.1, -0.05) is 18.2 Å². The molecule has 0 aliphatic rings. The van der Waals surface area contributed by atoms with E-state index in [1.54, 1.807) is 37.2 Å². The number of anilines is 2. The molecule has 4 N–H and O–H groups in total. The number of para-hydroxylation sites is 1. The smallest absolute Gasteiger partial charge is 0.328 e. The molecule has 0 saturated carbocycles. The van der Waals surface area contributed by atoms with Crippen molar-refractivity contribution in [1.29, 1.82) is 0 Å². The fourth-order valence-electron chi connectivity index (χ4n) is 1.49. The zero-order valence-electron chi connectivity index (χ0n) is 11.2. The topological polar surface area (TPSA) is 109 Å². The van der Waals surface area contributed by atoms with Crippen molar-refractivity contribution in [2.45, 2.75) is 6.61 Å². The van der Waals surface area contributed by atoms with Crippen LogP contribution < -0.4 is 20.9 Å². The lowest BCUT2D eigenvalue weighted by molar-refractivity contribution is 0.275. The first-order valence-corrected chi connectivity index (χ1v) is 5.90. The van der Waals surface area contributed by atoms with Crippen LogP contribution in [0.1, 0.15) is 5.56 Å². The summed E-state index contributed by atoms with van der Waals surface area (Å²) in [5.41, 5.74) is 3.00. The van der Waals surface area contributed by atoms with E-state index in [1.165, 1.54) is 0 Å². The second-order valence-corrected chi connectivity index (χ2v) is 4.15. The van der Waals surface area contributed by atoms with Crippen LogP contribution in [0.3, 0.4) is 0 Å². The van der Waals surface area contributed by atoms with Crippen LogP contribution in [0, 0.1) is 0 Å². The van der Waals surface area contributed by atoms with E-state index in [0.29, 0.717) is 17.3 Å². The number of aliphatic hydroxyl groups excluding tert-OH is 1. The van der Waals surface area contributed by atoms with E-state index in [-0.39, 0.29) is 18.6 Å². The molecule has 0 saturated heterocycles. The summed E-state index contributed by atoms with van der Waals surface area (Å²) >= 11 is 0. The van der Waals surface area contributed by atoms with Crippen LogP contribution in [0.4, 0.5) is 11.9 Å². The number of aliphatic hydroxyl groups is 1. The van der Waals surface area contributed by atoms with Gasteiger partial charge >= 0.3 is 6.01 Å². The third-order valence-corrected chi connectivity index (χ3v) is 2.48. The van der Waals surface area contributed by atoms with Crippen molar-refractivity contribution in [3.8, 4) is 11.8 Å². The molecule has 1 aromatic carbocycles. The van der Waals surface area contributed by atoms with Crippen molar-refractivity contribution >= 4 is 11.9 Å². The number of nitrogens with one attached hydrogen (secondary N) is 1. The summed E-state index contributed by atoms with van der Waals surface area (Å²) in [6, 6.07) is 7.18. The van der Waals surface area contributed by atoms with Crippen molar-refractivity contribution in [3.63, 3.8) is 0 Å². The lowest BCUT2D eigenvalue weighted by atomic mass is 10.2. The minimum atomic E-state index is -0.135. The number of nitrogens with two attached hydrogens (primary N) is 1.